The highest BCUT2D eigenvalue weighted by Gasteiger charge is 2.75. The molecule has 23 heavy (non-hydrogen) atoms. The first-order valence-corrected chi connectivity index (χ1v) is 7.43. The molecular weight excluding hydrogens is 338 g/mol. The maximum absolute atomic E-state index is 13.8. The molecule has 0 amide bonds. The molecule has 11 heteroatoms. The van der Waals surface area contributed by atoms with Gasteiger partial charge in [0.15, 0.2) is 0 Å². The molecule has 0 heterocycles. The van der Waals surface area contributed by atoms with E-state index in [0.717, 1.165) is 12.1 Å². The fourth-order valence-corrected chi connectivity index (χ4v) is 3.32. The van der Waals surface area contributed by atoms with Gasteiger partial charge in [-0.3, -0.25) is 20.2 Å². The Morgan fingerprint density at radius 1 is 1.00 bits per heavy atom. The van der Waals surface area contributed by atoms with Gasteiger partial charge in [-0.25, -0.2) is 8.42 Å². The third-order valence-electron chi connectivity index (χ3n) is 3.21. The summed E-state index contributed by atoms with van der Waals surface area (Å²) < 4.78 is 52.2. The fourth-order valence-electron chi connectivity index (χ4n) is 1.97. The third-order valence-corrected chi connectivity index (χ3v) is 4.98. The van der Waals surface area contributed by atoms with Crippen molar-refractivity contribution >= 4 is 9.84 Å². The Balaban J connectivity index is 2.71. The topological polar surface area (TPSA) is 120 Å². The average Bonchev–Trinajstić information content (AvgIpc) is 2.47. The average molecular weight is 346 g/mol. The van der Waals surface area contributed by atoms with E-state index < -0.39 is 36.2 Å². The SMILES string of the molecule is O=[N+]([O-])C1([N+](=O)[O-])C=C(S(=O)(=O)c2ccccc2)C=CC1(F)F. The minimum Gasteiger partial charge on any atom is -0.258 e. The highest BCUT2D eigenvalue weighted by Crippen LogP contribution is 2.40. The smallest absolute Gasteiger partial charge is 0.258 e. The monoisotopic (exact) mass is 346 g/mol. The quantitative estimate of drug-likeness (QED) is 0.466. The minimum absolute atomic E-state index is 0.130. The second-order valence-corrected chi connectivity index (χ2v) is 6.51. The molecule has 122 valence electrons. The Kier molecular flexibility index (Phi) is 3.76. The normalized spacial score (nSPS) is 19.0. The fraction of sp³-hybridized carbons (Fsp3) is 0.167. The Morgan fingerprint density at radius 3 is 2.00 bits per heavy atom. The van der Waals surface area contributed by atoms with Gasteiger partial charge < -0.3 is 0 Å². The Labute approximate surface area is 127 Å². The second kappa shape index (κ2) is 5.19. The summed E-state index contributed by atoms with van der Waals surface area (Å²) in [5.74, 6) is -4.49. The van der Waals surface area contributed by atoms with Crippen molar-refractivity contribution in [3.8, 4) is 0 Å². The Bertz CT molecular complexity index is 818. The molecule has 0 aromatic heterocycles. The van der Waals surface area contributed by atoms with E-state index in [-0.39, 0.29) is 17.0 Å². The number of rotatable bonds is 4. The zero-order chi connectivity index (χ0) is 17.5. The minimum atomic E-state index is -4.49. The van der Waals surface area contributed by atoms with E-state index in [2.05, 4.69) is 0 Å². The maximum Gasteiger partial charge on any atom is 0.544 e. The predicted octanol–water partition coefficient (Wildman–Crippen LogP) is 1.80. The molecule has 1 aliphatic carbocycles. The summed E-state index contributed by atoms with van der Waals surface area (Å²) in [5.41, 5.74) is -4.08. The van der Waals surface area contributed by atoms with Gasteiger partial charge in [0.2, 0.25) is 9.84 Å². The van der Waals surface area contributed by atoms with Crippen molar-refractivity contribution in [1.29, 1.82) is 0 Å². The van der Waals surface area contributed by atoms with Gasteiger partial charge in [-0.15, -0.1) is 0 Å². The van der Waals surface area contributed by atoms with Crippen molar-refractivity contribution in [2.75, 3.05) is 0 Å². The number of allylic oxidation sites excluding steroid dienone is 1. The van der Waals surface area contributed by atoms with Gasteiger partial charge in [-0.2, -0.15) is 8.78 Å². The van der Waals surface area contributed by atoms with E-state index in [0.29, 0.717) is 6.08 Å². The van der Waals surface area contributed by atoms with Crippen LogP contribution in [0.5, 0.6) is 0 Å². The van der Waals surface area contributed by atoms with Crippen molar-refractivity contribution in [2.24, 2.45) is 0 Å². The number of halogens is 2. The molecule has 1 aliphatic rings. The van der Waals surface area contributed by atoms with Crippen LogP contribution in [0.25, 0.3) is 0 Å². The number of hydrogen-bond donors (Lipinski definition) is 0. The van der Waals surface area contributed by atoms with Gasteiger partial charge >= 0.3 is 11.6 Å². The molecule has 0 aliphatic heterocycles. The van der Waals surface area contributed by atoms with Gasteiger partial charge in [-0.05, 0) is 18.2 Å². The molecule has 1 aromatic rings. The molecule has 0 N–H and O–H groups in total. The lowest BCUT2D eigenvalue weighted by molar-refractivity contribution is -0.801. The van der Waals surface area contributed by atoms with Gasteiger partial charge in [-0.1, -0.05) is 18.2 Å². The lowest BCUT2D eigenvalue weighted by atomic mass is 9.98. The summed E-state index contributed by atoms with van der Waals surface area (Å²) in [6.45, 7) is 0. The lowest BCUT2D eigenvalue weighted by Gasteiger charge is -2.23. The van der Waals surface area contributed by atoms with Crippen LogP contribution in [0.4, 0.5) is 8.78 Å². The van der Waals surface area contributed by atoms with Gasteiger partial charge in [0.25, 0.3) is 0 Å². The summed E-state index contributed by atoms with van der Waals surface area (Å²) in [5, 5.41) is 21.9. The first kappa shape index (κ1) is 16.7. The molecule has 8 nitrogen and oxygen atoms in total. The van der Waals surface area contributed by atoms with Gasteiger partial charge in [0.05, 0.1) is 15.9 Å². The number of alkyl halides is 2. The molecule has 0 atom stereocenters. The molecule has 0 saturated heterocycles. The van der Waals surface area contributed by atoms with Gasteiger partial charge in [0, 0.05) is 6.08 Å². The molecule has 0 fully saturated rings. The third kappa shape index (κ3) is 2.38. The summed E-state index contributed by atoms with van der Waals surface area (Å²) >= 11 is 0. The first-order valence-electron chi connectivity index (χ1n) is 5.95. The summed E-state index contributed by atoms with van der Waals surface area (Å²) in [6, 6.07) is 6.47. The van der Waals surface area contributed by atoms with Crippen LogP contribution in [0.15, 0.2) is 58.4 Å². The van der Waals surface area contributed by atoms with Crippen LogP contribution in [0.1, 0.15) is 0 Å². The van der Waals surface area contributed by atoms with Crippen LogP contribution in [0.2, 0.25) is 0 Å². The van der Waals surface area contributed by atoms with Crippen molar-refractivity contribution in [2.45, 2.75) is 16.5 Å². The second-order valence-electron chi connectivity index (χ2n) is 4.56. The number of sulfone groups is 1. The molecule has 0 spiro atoms. The van der Waals surface area contributed by atoms with Crippen molar-refractivity contribution in [3.63, 3.8) is 0 Å². The van der Waals surface area contributed by atoms with Crippen LogP contribution in [-0.2, 0) is 9.84 Å². The number of hydrogen-bond acceptors (Lipinski definition) is 6. The summed E-state index contributed by atoms with van der Waals surface area (Å²) in [4.78, 5) is 17.0. The Morgan fingerprint density at radius 2 is 1.52 bits per heavy atom. The van der Waals surface area contributed by atoms with Crippen LogP contribution < -0.4 is 0 Å². The lowest BCUT2D eigenvalue weighted by Crippen LogP contribution is -2.59. The van der Waals surface area contributed by atoms with E-state index in [1.165, 1.54) is 18.2 Å². The molecule has 0 saturated carbocycles. The van der Waals surface area contributed by atoms with Crippen LogP contribution >= 0.6 is 0 Å². The molecule has 0 bridgehead atoms. The van der Waals surface area contributed by atoms with E-state index in [4.69, 9.17) is 0 Å². The largest absolute Gasteiger partial charge is 0.544 e. The van der Waals surface area contributed by atoms with E-state index in [1.54, 1.807) is 0 Å². The van der Waals surface area contributed by atoms with Crippen molar-refractivity contribution in [3.05, 3.63) is 73.7 Å². The highest BCUT2D eigenvalue weighted by atomic mass is 32.2. The zero-order valence-electron chi connectivity index (χ0n) is 11.1. The highest BCUT2D eigenvalue weighted by molar-refractivity contribution is 7.95. The number of nitrogens with zero attached hydrogens (tertiary/aromatic N) is 2. The van der Waals surface area contributed by atoms with Crippen LogP contribution in [0, 0.1) is 20.2 Å². The molecule has 0 radical (unpaired) electrons. The molecule has 0 unspecified atom stereocenters. The molecule has 1 aromatic carbocycles. The predicted molar refractivity (Wildman–Crippen MR) is 72.5 cm³/mol. The van der Waals surface area contributed by atoms with E-state index in [9.17, 15) is 37.4 Å². The molecule has 2 rings (SSSR count). The van der Waals surface area contributed by atoms with E-state index in [1.807, 2.05) is 0 Å². The summed E-state index contributed by atoms with van der Waals surface area (Å²) in [7, 11) is -4.42. The first-order chi connectivity index (χ1) is 10.6. The van der Waals surface area contributed by atoms with Crippen molar-refractivity contribution < 1.29 is 27.0 Å². The van der Waals surface area contributed by atoms with Gasteiger partial charge in [0.1, 0.15) is 9.85 Å². The standard InChI is InChI=1S/C12H8F2N2O6S/c13-11(14)7-6-10(8-12(11,15(17)18)16(19)20)23(21,22)9-4-2-1-3-5-9/h1-8H. The Hall–Kier alpha value is -2.69. The van der Waals surface area contributed by atoms with Crippen LogP contribution in [-0.4, -0.2) is 29.8 Å². The van der Waals surface area contributed by atoms with E-state index >= 15 is 0 Å². The number of benzene rings is 1. The number of nitro groups is 2. The van der Waals surface area contributed by atoms with Crippen molar-refractivity contribution in [1.82, 2.24) is 0 Å². The zero-order valence-corrected chi connectivity index (χ0v) is 11.9. The molecular formula is C12H8F2N2O6S. The summed E-state index contributed by atoms with van der Waals surface area (Å²) in [6.07, 6.45) is 0.150. The van der Waals surface area contributed by atoms with Crippen LogP contribution in [0.3, 0.4) is 0 Å². The maximum atomic E-state index is 13.8.